The molecule has 2 unspecified atom stereocenters. The molecule has 0 bridgehead atoms. The molecule has 34 heavy (non-hydrogen) atoms. The Bertz CT molecular complexity index is 1320. The Balaban J connectivity index is 1.51. The summed E-state index contributed by atoms with van der Waals surface area (Å²) in [5.41, 5.74) is 0.0400. The van der Waals surface area contributed by atoms with Gasteiger partial charge in [-0.05, 0) is 48.0 Å². The first-order chi connectivity index (χ1) is 16.0. The second-order valence-electron chi connectivity index (χ2n) is 7.57. The van der Waals surface area contributed by atoms with Crippen LogP contribution in [0.1, 0.15) is 21.8 Å². The average Bonchev–Trinajstić information content (AvgIpc) is 3.35. The van der Waals surface area contributed by atoms with Crippen LogP contribution in [0.3, 0.4) is 0 Å². The zero-order valence-electron chi connectivity index (χ0n) is 16.8. The lowest BCUT2D eigenvalue weighted by Crippen LogP contribution is -2.18. The van der Waals surface area contributed by atoms with Crippen molar-refractivity contribution < 1.29 is 27.2 Å². The van der Waals surface area contributed by atoms with Crippen LogP contribution in [-0.2, 0) is 4.79 Å². The highest BCUT2D eigenvalue weighted by Crippen LogP contribution is 2.65. The topological polar surface area (TPSA) is 58.2 Å². The molecule has 11 heteroatoms. The molecular formula is C23H13Cl3F4N2O2. The molecule has 1 aliphatic carbocycles. The molecule has 176 valence electrons. The second kappa shape index (κ2) is 9.09. The molecule has 2 N–H and O–H groups in total. The van der Waals surface area contributed by atoms with E-state index in [9.17, 15) is 27.2 Å². The zero-order chi connectivity index (χ0) is 24.8. The molecule has 0 heterocycles. The summed E-state index contributed by atoms with van der Waals surface area (Å²) in [6.07, 6.45) is 0. The van der Waals surface area contributed by atoms with E-state index >= 15 is 0 Å². The second-order valence-corrected chi connectivity index (χ2v) is 9.42. The Morgan fingerprint density at radius 2 is 1.56 bits per heavy atom. The van der Waals surface area contributed by atoms with Gasteiger partial charge in [0.05, 0.1) is 22.2 Å². The van der Waals surface area contributed by atoms with Crippen molar-refractivity contribution in [3.05, 3.63) is 94.0 Å². The summed E-state index contributed by atoms with van der Waals surface area (Å²) in [5.74, 6) is -7.14. The molecular weight excluding hydrogens is 519 g/mol. The van der Waals surface area contributed by atoms with Crippen LogP contribution in [0.5, 0.6) is 0 Å². The van der Waals surface area contributed by atoms with Crippen LogP contribution in [0.2, 0.25) is 5.02 Å². The number of amides is 2. The minimum atomic E-state index is -1.55. The smallest absolute Gasteiger partial charge is 0.257 e. The maximum absolute atomic E-state index is 13.9. The van der Waals surface area contributed by atoms with Crippen molar-refractivity contribution in [2.75, 3.05) is 10.6 Å². The highest BCUT2D eigenvalue weighted by Gasteiger charge is 2.67. The molecule has 0 saturated heterocycles. The molecule has 4 rings (SSSR count). The molecule has 2 amide bonds. The predicted octanol–water partition coefficient (Wildman–Crippen LogP) is 6.67. The number of benzene rings is 3. The Kier molecular flexibility index (Phi) is 6.50. The first-order valence-electron chi connectivity index (χ1n) is 9.68. The van der Waals surface area contributed by atoms with Gasteiger partial charge in [-0.15, -0.1) is 23.2 Å². The number of hydrogen-bond donors (Lipinski definition) is 2. The van der Waals surface area contributed by atoms with Gasteiger partial charge in [-0.2, -0.15) is 0 Å². The van der Waals surface area contributed by atoms with Crippen LogP contribution in [0, 0.1) is 29.2 Å². The fraction of sp³-hybridized carbons (Fsp3) is 0.130. The molecule has 3 aromatic carbocycles. The van der Waals surface area contributed by atoms with Crippen molar-refractivity contribution in [2.45, 2.75) is 10.3 Å². The van der Waals surface area contributed by atoms with Gasteiger partial charge in [0.2, 0.25) is 5.91 Å². The summed E-state index contributed by atoms with van der Waals surface area (Å²) >= 11 is 18.5. The molecule has 1 fully saturated rings. The number of nitrogens with one attached hydrogen (secondary N) is 2. The molecule has 0 aliphatic heterocycles. The Morgan fingerprint density at radius 3 is 2.24 bits per heavy atom. The van der Waals surface area contributed by atoms with Gasteiger partial charge in [-0.1, -0.05) is 17.7 Å². The summed E-state index contributed by atoms with van der Waals surface area (Å²) in [6, 6.07) is 9.75. The summed E-state index contributed by atoms with van der Waals surface area (Å²) in [7, 11) is 0. The Labute approximate surface area is 205 Å². The van der Waals surface area contributed by atoms with Crippen molar-refractivity contribution in [3.63, 3.8) is 0 Å². The maximum Gasteiger partial charge on any atom is 0.257 e. The molecule has 1 aliphatic rings. The zero-order valence-corrected chi connectivity index (χ0v) is 19.1. The van der Waals surface area contributed by atoms with Crippen molar-refractivity contribution in [1.29, 1.82) is 0 Å². The summed E-state index contributed by atoms with van der Waals surface area (Å²) in [5, 5.41) is 4.84. The van der Waals surface area contributed by atoms with Crippen molar-refractivity contribution in [1.82, 2.24) is 0 Å². The summed E-state index contributed by atoms with van der Waals surface area (Å²) in [4.78, 5) is 25.4. The van der Waals surface area contributed by atoms with Crippen LogP contribution in [0.25, 0.3) is 0 Å². The Morgan fingerprint density at radius 1 is 0.824 bits per heavy atom. The maximum atomic E-state index is 13.9. The Hall–Kier alpha value is -2.81. The minimum absolute atomic E-state index is 0.00754. The lowest BCUT2D eigenvalue weighted by molar-refractivity contribution is -0.117. The van der Waals surface area contributed by atoms with Crippen LogP contribution >= 0.6 is 34.8 Å². The fourth-order valence-electron chi connectivity index (χ4n) is 3.55. The quantitative estimate of drug-likeness (QED) is 0.285. The highest BCUT2D eigenvalue weighted by molar-refractivity contribution is 6.53. The van der Waals surface area contributed by atoms with Crippen molar-refractivity contribution in [2.24, 2.45) is 5.92 Å². The van der Waals surface area contributed by atoms with Gasteiger partial charge in [-0.3, -0.25) is 9.59 Å². The van der Waals surface area contributed by atoms with E-state index in [2.05, 4.69) is 10.6 Å². The first kappa shape index (κ1) is 24.3. The molecule has 4 nitrogen and oxygen atoms in total. The van der Waals surface area contributed by atoms with E-state index in [1.807, 2.05) is 0 Å². The highest BCUT2D eigenvalue weighted by atomic mass is 35.5. The van der Waals surface area contributed by atoms with E-state index in [1.165, 1.54) is 24.3 Å². The fourth-order valence-corrected chi connectivity index (χ4v) is 4.58. The third-order valence-corrected chi connectivity index (χ3v) is 6.57. The van der Waals surface area contributed by atoms with E-state index in [-0.39, 0.29) is 27.5 Å². The average molecular weight is 532 g/mol. The molecule has 1 saturated carbocycles. The SMILES string of the molecule is O=C(Nc1ccc(F)cc1F)c1cc(NC(=O)C2C(c3ccc(F)c(F)c3)C2(Cl)Cl)ccc1Cl. The van der Waals surface area contributed by atoms with Crippen molar-refractivity contribution in [3.8, 4) is 0 Å². The lowest BCUT2D eigenvalue weighted by atomic mass is 10.1. The number of rotatable bonds is 5. The molecule has 0 radical (unpaired) electrons. The lowest BCUT2D eigenvalue weighted by Gasteiger charge is -2.11. The van der Waals surface area contributed by atoms with E-state index in [0.29, 0.717) is 6.07 Å². The number of anilines is 2. The number of carbonyl (C=O) groups excluding carboxylic acids is 2. The number of alkyl halides is 2. The monoisotopic (exact) mass is 530 g/mol. The van der Waals surface area contributed by atoms with Crippen LogP contribution in [-0.4, -0.2) is 16.1 Å². The number of halogens is 7. The number of hydrogen-bond acceptors (Lipinski definition) is 2. The van der Waals surface area contributed by atoms with E-state index in [4.69, 9.17) is 34.8 Å². The van der Waals surface area contributed by atoms with Gasteiger partial charge in [0.1, 0.15) is 16.0 Å². The molecule has 0 spiro atoms. The predicted molar refractivity (Wildman–Crippen MR) is 121 cm³/mol. The molecule has 3 aromatic rings. The van der Waals surface area contributed by atoms with Gasteiger partial charge in [-0.25, -0.2) is 17.6 Å². The summed E-state index contributed by atoms with van der Waals surface area (Å²) in [6.45, 7) is 0. The third-order valence-electron chi connectivity index (χ3n) is 5.30. The van der Waals surface area contributed by atoms with E-state index in [0.717, 1.165) is 24.3 Å². The van der Waals surface area contributed by atoms with E-state index in [1.54, 1.807) is 0 Å². The van der Waals surface area contributed by atoms with Gasteiger partial charge in [0.25, 0.3) is 5.91 Å². The summed E-state index contributed by atoms with van der Waals surface area (Å²) < 4.78 is 52.2. The van der Waals surface area contributed by atoms with Gasteiger partial charge >= 0.3 is 0 Å². The molecule has 2 atom stereocenters. The standard InChI is InChI=1S/C23H13Cl3F4N2O2/c24-14-4-3-12(9-13(14)21(33)32-18-6-2-11(27)8-17(18)30)31-22(34)20-19(23(20,25)26)10-1-5-15(28)16(29)7-10/h1-9,19-20H,(H,31,34)(H,32,33). The van der Waals surface area contributed by atoms with Gasteiger partial charge < -0.3 is 10.6 Å². The normalized spacial score (nSPS) is 18.3. The third kappa shape index (κ3) is 4.71. The van der Waals surface area contributed by atoms with Crippen LogP contribution < -0.4 is 10.6 Å². The van der Waals surface area contributed by atoms with E-state index < -0.39 is 51.3 Å². The first-order valence-corrected chi connectivity index (χ1v) is 10.8. The van der Waals surface area contributed by atoms with Gasteiger partial charge in [0, 0.05) is 17.7 Å². The molecule has 0 aromatic heterocycles. The van der Waals surface area contributed by atoms with Crippen LogP contribution in [0.15, 0.2) is 54.6 Å². The van der Waals surface area contributed by atoms with Crippen molar-refractivity contribution >= 4 is 58.0 Å². The largest absolute Gasteiger partial charge is 0.326 e. The number of carbonyl (C=O) groups is 2. The minimum Gasteiger partial charge on any atom is -0.326 e. The van der Waals surface area contributed by atoms with Gasteiger partial charge in [0.15, 0.2) is 11.6 Å². The van der Waals surface area contributed by atoms with Crippen LogP contribution in [0.4, 0.5) is 28.9 Å².